The Balaban J connectivity index is 3.00. The summed E-state index contributed by atoms with van der Waals surface area (Å²) in [5.41, 5.74) is 0.444. The van der Waals surface area contributed by atoms with E-state index in [9.17, 15) is 4.79 Å². The number of halogens is 1. The fourth-order valence-corrected chi connectivity index (χ4v) is 0.634. The number of isocyanates is 1. The number of hydrogen-bond acceptors (Lipinski definition) is 2. The summed E-state index contributed by atoms with van der Waals surface area (Å²) in [4.78, 5) is 13.0. The van der Waals surface area contributed by atoms with Crippen molar-refractivity contribution in [3.63, 3.8) is 0 Å². The van der Waals surface area contributed by atoms with Crippen molar-refractivity contribution in [1.82, 2.24) is 0 Å². The summed E-state index contributed by atoms with van der Waals surface area (Å²) in [6.07, 6.45) is 1.40. The highest BCUT2D eigenvalue weighted by molar-refractivity contribution is 6.30. The Hall–Kier alpha value is -1.11. The van der Waals surface area contributed by atoms with Crippen LogP contribution < -0.4 is 0 Å². The molecule has 0 saturated carbocycles. The molecule has 3 heteroatoms. The quantitative estimate of drug-likeness (QED) is 0.448. The van der Waals surface area contributed by atoms with Crippen LogP contribution in [0.3, 0.4) is 0 Å². The van der Waals surface area contributed by atoms with Crippen LogP contribution in [0, 0.1) is 6.07 Å². The predicted molar refractivity (Wildman–Crippen MR) is 38.1 cm³/mol. The number of benzene rings is 1. The van der Waals surface area contributed by atoms with E-state index in [4.69, 9.17) is 11.6 Å². The zero-order valence-corrected chi connectivity index (χ0v) is 5.72. The van der Waals surface area contributed by atoms with Crippen LogP contribution >= 0.6 is 11.6 Å². The van der Waals surface area contributed by atoms with E-state index in [-0.39, 0.29) is 0 Å². The number of rotatable bonds is 1. The Kier molecular flexibility index (Phi) is 2.21. The molecular formula is C7H3ClNO. The second-order valence-electron chi connectivity index (χ2n) is 1.60. The van der Waals surface area contributed by atoms with Gasteiger partial charge in [-0.05, 0) is 18.2 Å². The van der Waals surface area contributed by atoms with E-state index in [1.54, 1.807) is 12.1 Å². The summed E-state index contributed by atoms with van der Waals surface area (Å²) in [5.74, 6) is 0. The standard InChI is InChI=1S/C7H3ClNO/c8-6-1-3-7(4-2-6)9-5-10/h1-3H. The molecule has 0 aliphatic heterocycles. The van der Waals surface area contributed by atoms with E-state index in [0.717, 1.165) is 0 Å². The van der Waals surface area contributed by atoms with Gasteiger partial charge in [0, 0.05) is 11.1 Å². The fraction of sp³-hybridized carbons (Fsp3) is 0. The first-order valence-corrected chi connectivity index (χ1v) is 2.96. The molecule has 0 atom stereocenters. The van der Waals surface area contributed by atoms with Crippen molar-refractivity contribution in [2.24, 2.45) is 4.99 Å². The predicted octanol–water partition coefficient (Wildman–Crippen LogP) is 2.11. The van der Waals surface area contributed by atoms with E-state index in [1.807, 2.05) is 0 Å². The van der Waals surface area contributed by atoms with Gasteiger partial charge >= 0.3 is 0 Å². The molecule has 1 radical (unpaired) electrons. The minimum absolute atomic E-state index is 0.444. The maximum atomic E-state index is 9.71. The van der Waals surface area contributed by atoms with E-state index >= 15 is 0 Å². The zero-order chi connectivity index (χ0) is 7.40. The van der Waals surface area contributed by atoms with Gasteiger partial charge in [-0.2, -0.15) is 4.99 Å². The third-order valence-electron chi connectivity index (χ3n) is 0.924. The molecule has 0 aliphatic rings. The molecule has 0 aliphatic carbocycles. The average Bonchev–Trinajstić information content (AvgIpc) is 1.95. The van der Waals surface area contributed by atoms with Crippen LogP contribution in [0.5, 0.6) is 0 Å². The number of carbonyl (C=O) groups excluding carboxylic acids is 1. The molecule has 10 heavy (non-hydrogen) atoms. The lowest BCUT2D eigenvalue weighted by Crippen LogP contribution is -1.63. The van der Waals surface area contributed by atoms with Crippen LogP contribution in [-0.2, 0) is 4.79 Å². The van der Waals surface area contributed by atoms with Gasteiger partial charge in [-0.3, -0.25) is 0 Å². The van der Waals surface area contributed by atoms with Gasteiger partial charge in [0.05, 0.1) is 5.69 Å². The van der Waals surface area contributed by atoms with Gasteiger partial charge in [-0.15, -0.1) is 0 Å². The highest BCUT2D eigenvalue weighted by Crippen LogP contribution is 2.14. The topological polar surface area (TPSA) is 29.4 Å². The summed E-state index contributed by atoms with van der Waals surface area (Å²) in [6.45, 7) is 0. The summed E-state index contributed by atoms with van der Waals surface area (Å²) < 4.78 is 0. The van der Waals surface area contributed by atoms with Gasteiger partial charge in [0.25, 0.3) is 0 Å². The van der Waals surface area contributed by atoms with Crippen LogP contribution in [0.1, 0.15) is 0 Å². The van der Waals surface area contributed by atoms with Crippen molar-refractivity contribution in [2.75, 3.05) is 0 Å². The second kappa shape index (κ2) is 3.16. The molecule has 49 valence electrons. The third-order valence-corrected chi connectivity index (χ3v) is 1.16. The SMILES string of the molecule is O=C=Nc1[c]cc(Cl)cc1. The van der Waals surface area contributed by atoms with Crippen LogP contribution in [0.15, 0.2) is 23.2 Å². The lowest BCUT2D eigenvalue weighted by Gasteiger charge is -1.87. The van der Waals surface area contributed by atoms with Crippen molar-refractivity contribution < 1.29 is 4.79 Å². The second-order valence-corrected chi connectivity index (χ2v) is 2.03. The molecular weight excluding hydrogens is 150 g/mol. The first kappa shape index (κ1) is 7.00. The zero-order valence-electron chi connectivity index (χ0n) is 4.97. The minimum Gasteiger partial charge on any atom is -0.211 e. The molecule has 2 nitrogen and oxygen atoms in total. The highest BCUT2D eigenvalue weighted by atomic mass is 35.5. The Morgan fingerprint density at radius 1 is 1.60 bits per heavy atom. The van der Waals surface area contributed by atoms with Crippen molar-refractivity contribution in [1.29, 1.82) is 0 Å². The smallest absolute Gasteiger partial charge is 0.211 e. The maximum absolute atomic E-state index is 9.71. The van der Waals surface area contributed by atoms with Crippen LogP contribution in [0.2, 0.25) is 5.02 Å². The summed E-state index contributed by atoms with van der Waals surface area (Å²) in [6, 6.07) is 7.44. The van der Waals surface area contributed by atoms with Gasteiger partial charge in [0.1, 0.15) is 0 Å². The molecule has 0 N–H and O–H groups in total. The first-order valence-electron chi connectivity index (χ1n) is 2.58. The van der Waals surface area contributed by atoms with E-state index in [0.29, 0.717) is 10.7 Å². The molecule has 1 rings (SSSR count). The Bertz CT molecular complexity index is 261. The summed E-state index contributed by atoms with van der Waals surface area (Å²) in [7, 11) is 0. The maximum Gasteiger partial charge on any atom is 0.240 e. The van der Waals surface area contributed by atoms with Crippen molar-refractivity contribution in [3.8, 4) is 0 Å². The molecule has 0 fully saturated rings. The van der Waals surface area contributed by atoms with Crippen LogP contribution in [0.4, 0.5) is 5.69 Å². The first-order chi connectivity index (χ1) is 4.83. The number of hydrogen-bond donors (Lipinski definition) is 0. The fourth-order valence-electron chi connectivity index (χ4n) is 0.516. The van der Waals surface area contributed by atoms with E-state index < -0.39 is 0 Å². The molecule has 0 saturated heterocycles. The van der Waals surface area contributed by atoms with Gasteiger partial charge in [-0.1, -0.05) is 11.6 Å². The average molecular weight is 153 g/mol. The normalized spacial score (nSPS) is 8.50. The minimum atomic E-state index is 0.444. The third kappa shape index (κ3) is 1.69. The Labute approximate surface area is 63.2 Å². The molecule has 0 heterocycles. The summed E-state index contributed by atoms with van der Waals surface area (Å²) in [5, 5.41) is 0.574. The number of nitrogens with zero attached hydrogens (tertiary/aromatic N) is 1. The monoisotopic (exact) mass is 152 g/mol. The molecule has 1 aromatic carbocycles. The Morgan fingerprint density at radius 2 is 2.40 bits per heavy atom. The summed E-state index contributed by atoms with van der Waals surface area (Å²) >= 11 is 5.54. The van der Waals surface area contributed by atoms with Gasteiger partial charge in [0.2, 0.25) is 6.08 Å². The highest BCUT2D eigenvalue weighted by Gasteiger charge is 1.87. The molecule has 1 aromatic rings. The molecule has 0 bridgehead atoms. The van der Waals surface area contributed by atoms with Gasteiger partial charge in [-0.25, -0.2) is 4.79 Å². The van der Waals surface area contributed by atoms with Gasteiger partial charge < -0.3 is 0 Å². The molecule has 0 aromatic heterocycles. The van der Waals surface area contributed by atoms with Crippen molar-refractivity contribution in [3.05, 3.63) is 29.3 Å². The molecule has 0 spiro atoms. The van der Waals surface area contributed by atoms with Gasteiger partial charge in [0.15, 0.2) is 0 Å². The largest absolute Gasteiger partial charge is 0.240 e. The lowest BCUT2D eigenvalue weighted by atomic mass is 10.3. The van der Waals surface area contributed by atoms with E-state index in [2.05, 4.69) is 11.1 Å². The number of aliphatic imine (C=N–C) groups is 1. The lowest BCUT2D eigenvalue weighted by molar-refractivity contribution is 0.565. The Morgan fingerprint density at radius 3 is 2.90 bits per heavy atom. The molecule has 0 unspecified atom stereocenters. The van der Waals surface area contributed by atoms with E-state index in [1.165, 1.54) is 12.1 Å². The van der Waals surface area contributed by atoms with Crippen LogP contribution in [0.25, 0.3) is 0 Å². The molecule has 0 amide bonds. The van der Waals surface area contributed by atoms with Crippen molar-refractivity contribution >= 4 is 23.4 Å². The van der Waals surface area contributed by atoms with Crippen molar-refractivity contribution in [2.45, 2.75) is 0 Å². The van der Waals surface area contributed by atoms with Crippen LogP contribution in [-0.4, -0.2) is 6.08 Å².